The Hall–Kier alpha value is -1.26. The van der Waals surface area contributed by atoms with Crippen molar-refractivity contribution in [2.75, 3.05) is 32.0 Å². The Labute approximate surface area is 109 Å². The molecule has 0 aromatic heterocycles. The van der Waals surface area contributed by atoms with Gasteiger partial charge in [0.25, 0.3) is 0 Å². The van der Waals surface area contributed by atoms with Crippen molar-refractivity contribution < 1.29 is 9.84 Å². The van der Waals surface area contributed by atoms with Crippen LogP contribution in [-0.4, -0.2) is 42.4 Å². The predicted molar refractivity (Wildman–Crippen MR) is 74.8 cm³/mol. The molecular weight excluding hydrogens is 228 g/mol. The molecule has 102 valence electrons. The molecule has 0 saturated heterocycles. The van der Waals surface area contributed by atoms with E-state index >= 15 is 0 Å². The number of hydrogen-bond acceptors (Lipinski definition) is 4. The zero-order chi connectivity index (χ0) is 13.4. The standard InChI is InChI=1S/C14H24N2O2/c1-3-9-16(4-2)10-13(17)11-18-14-7-5-12(15)6-8-14/h5-8,13,17H,3-4,9-11,15H2,1-2H3. The summed E-state index contributed by atoms with van der Waals surface area (Å²) in [5.74, 6) is 0.738. The van der Waals surface area contributed by atoms with Gasteiger partial charge in [-0.1, -0.05) is 13.8 Å². The van der Waals surface area contributed by atoms with Crippen molar-refractivity contribution in [1.29, 1.82) is 0 Å². The van der Waals surface area contributed by atoms with Crippen molar-refractivity contribution in [3.05, 3.63) is 24.3 Å². The molecule has 4 nitrogen and oxygen atoms in total. The van der Waals surface area contributed by atoms with Gasteiger partial charge in [-0.2, -0.15) is 0 Å². The van der Waals surface area contributed by atoms with Crippen molar-refractivity contribution in [2.24, 2.45) is 0 Å². The summed E-state index contributed by atoms with van der Waals surface area (Å²) in [5.41, 5.74) is 6.30. The molecule has 0 aliphatic heterocycles. The summed E-state index contributed by atoms with van der Waals surface area (Å²) in [6.07, 6.45) is 0.633. The number of rotatable bonds is 8. The van der Waals surface area contributed by atoms with E-state index in [4.69, 9.17) is 10.5 Å². The second-order valence-electron chi connectivity index (χ2n) is 4.43. The molecule has 18 heavy (non-hydrogen) atoms. The van der Waals surface area contributed by atoms with Crippen molar-refractivity contribution in [3.8, 4) is 5.75 Å². The summed E-state index contributed by atoms with van der Waals surface area (Å²) in [5, 5.41) is 9.90. The van der Waals surface area contributed by atoms with Gasteiger partial charge in [-0.15, -0.1) is 0 Å². The molecule has 1 aromatic rings. The lowest BCUT2D eigenvalue weighted by Gasteiger charge is -2.23. The highest BCUT2D eigenvalue weighted by Crippen LogP contribution is 2.13. The van der Waals surface area contributed by atoms with Crippen LogP contribution < -0.4 is 10.5 Å². The Morgan fingerprint density at radius 1 is 1.28 bits per heavy atom. The topological polar surface area (TPSA) is 58.7 Å². The number of anilines is 1. The van der Waals surface area contributed by atoms with E-state index in [1.165, 1.54) is 0 Å². The first kappa shape index (κ1) is 14.8. The number of ether oxygens (including phenoxy) is 1. The Morgan fingerprint density at radius 2 is 1.94 bits per heavy atom. The molecule has 0 bridgehead atoms. The van der Waals surface area contributed by atoms with Crippen LogP contribution in [-0.2, 0) is 0 Å². The molecule has 0 amide bonds. The van der Waals surface area contributed by atoms with Gasteiger partial charge in [-0.05, 0) is 43.8 Å². The van der Waals surface area contributed by atoms with E-state index < -0.39 is 6.10 Å². The molecular formula is C14H24N2O2. The highest BCUT2D eigenvalue weighted by molar-refractivity contribution is 5.41. The van der Waals surface area contributed by atoms with Crippen molar-refractivity contribution >= 4 is 5.69 Å². The number of likely N-dealkylation sites (N-methyl/N-ethyl adjacent to an activating group) is 1. The fourth-order valence-corrected chi connectivity index (χ4v) is 1.80. The van der Waals surface area contributed by atoms with Gasteiger partial charge in [0.05, 0.1) is 0 Å². The van der Waals surface area contributed by atoms with E-state index in [2.05, 4.69) is 18.7 Å². The summed E-state index contributed by atoms with van der Waals surface area (Å²) >= 11 is 0. The molecule has 3 N–H and O–H groups in total. The van der Waals surface area contributed by atoms with E-state index in [9.17, 15) is 5.11 Å². The van der Waals surface area contributed by atoms with Crippen LogP contribution in [0.3, 0.4) is 0 Å². The van der Waals surface area contributed by atoms with Crippen molar-refractivity contribution in [2.45, 2.75) is 26.4 Å². The molecule has 0 aliphatic rings. The lowest BCUT2D eigenvalue weighted by atomic mass is 10.3. The molecule has 0 radical (unpaired) electrons. The minimum absolute atomic E-state index is 0.310. The van der Waals surface area contributed by atoms with Gasteiger partial charge in [0.15, 0.2) is 0 Å². The smallest absolute Gasteiger partial charge is 0.119 e. The molecule has 0 spiro atoms. The third kappa shape index (κ3) is 5.38. The molecule has 0 aliphatic carbocycles. The zero-order valence-electron chi connectivity index (χ0n) is 11.3. The highest BCUT2D eigenvalue weighted by atomic mass is 16.5. The Kier molecular flexibility index (Phi) is 6.54. The summed E-state index contributed by atoms with van der Waals surface area (Å²) in [7, 11) is 0. The quantitative estimate of drug-likeness (QED) is 0.692. The predicted octanol–water partition coefficient (Wildman–Crippen LogP) is 1.74. The first-order valence-electron chi connectivity index (χ1n) is 6.54. The fraction of sp³-hybridized carbons (Fsp3) is 0.571. The summed E-state index contributed by atoms with van der Waals surface area (Å²) in [6, 6.07) is 7.20. The number of nitrogens with zero attached hydrogens (tertiary/aromatic N) is 1. The van der Waals surface area contributed by atoms with Crippen LogP contribution in [0.25, 0.3) is 0 Å². The first-order valence-corrected chi connectivity index (χ1v) is 6.54. The molecule has 0 heterocycles. The van der Waals surface area contributed by atoms with Crippen LogP contribution in [0.2, 0.25) is 0 Å². The molecule has 1 aromatic carbocycles. The number of nitrogen functional groups attached to an aromatic ring is 1. The lowest BCUT2D eigenvalue weighted by molar-refractivity contribution is 0.0699. The van der Waals surface area contributed by atoms with Gasteiger partial charge < -0.3 is 20.5 Å². The van der Waals surface area contributed by atoms with E-state index in [0.717, 1.165) is 25.3 Å². The molecule has 1 atom stereocenters. The second-order valence-corrected chi connectivity index (χ2v) is 4.43. The Bertz CT molecular complexity index is 327. The van der Waals surface area contributed by atoms with E-state index in [1.54, 1.807) is 12.1 Å². The van der Waals surface area contributed by atoms with E-state index in [1.807, 2.05) is 12.1 Å². The molecule has 0 saturated carbocycles. The summed E-state index contributed by atoms with van der Waals surface area (Å²) < 4.78 is 5.51. The minimum Gasteiger partial charge on any atom is -0.491 e. The third-order valence-corrected chi connectivity index (χ3v) is 2.78. The largest absolute Gasteiger partial charge is 0.491 e. The average Bonchev–Trinajstić information content (AvgIpc) is 2.37. The lowest BCUT2D eigenvalue weighted by Crippen LogP contribution is -2.36. The van der Waals surface area contributed by atoms with Gasteiger partial charge in [-0.25, -0.2) is 0 Å². The number of aliphatic hydroxyl groups is 1. The average molecular weight is 252 g/mol. The van der Waals surface area contributed by atoms with Crippen LogP contribution in [0.1, 0.15) is 20.3 Å². The first-order chi connectivity index (χ1) is 8.65. The number of aliphatic hydroxyl groups excluding tert-OH is 1. The number of hydrogen-bond donors (Lipinski definition) is 2. The van der Waals surface area contributed by atoms with E-state index in [0.29, 0.717) is 18.8 Å². The van der Waals surface area contributed by atoms with Crippen molar-refractivity contribution in [3.63, 3.8) is 0 Å². The minimum atomic E-state index is -0.464. The summed E-state index contributed by atoms with van der Waals surface area (Å²) in [6.45, 7) is 7.16. The van der Waals surface area contributed by atoms with Crippen LogP contribution in [0.5, 0.6) is 5.75 Å². The van der Waals surface area contributed by atoms with Crippen LogP contribution in [0.15, 0.2) is 24.3 Å². The molecule has 1 unspecified atom stereocenters. The van der Waals surface area contributed by atoms with Gasteiger partial charge >= 0.3 is 0 Å². The van der Waals surface area contributed by atoms with Crippen LogP contribution >= 0.6 is 0 Å². The van der Waals surface area contributed by atoms with Gasteiger partial charge in [0.1, 0.15) is 18.5 Å². The molecule has 1 rings (SSSR count). The zero-order valence-corrected chi connectivity index (χ0v) is 11.3. The van der Waals surface area contributed by atoms with E-state index in [-0.39, 0.29) is 0 Å². The molecule has 4 heteroatoms. The Morgan fingerprint density at radius 3 is 2.50 bits per heavy atom. The van der Waals surface area contributed by atoms with Crippen LogP contribution in [0.4, 0.5) is 5.69 Å². The van der Waals surface area contributed by atoms with Crippen LogP contribution in [0, 0.1) is 0 Å². The second kappa shape index (κ2) is 7.95. The molecule has 0 fully saturated rings. The highest BCUT2D eigenvalue weighted by Gasteiger charge is 2.10. The third-order valence-electron chi connectivity index (χ3n) is 2.78. The Balaban J connectivity index is 2.31. The summed E-state index contributed by atoms with van der Waals surface area (Å²) in [4.78, 5) is 2.22. The maximum absolute atomic E-state index is 9.90. The van der Waals surface area contributed by atoms with Gasteiger partial charge in [0, 0.05) is 12.2 Å². The van der Waals surface area contributed by atoms with Crippen molar-refractivity contribution in [1.82, 2.24) is 4.90 Å². The normalized spacial score (nSPS) is 12.7. The fourth-order valence-electron chi connectivity index (χ4n) is 1.80. The SMILES string of the molecule is CCCN(CC)CC(O)COc1ccc(N)cc1. The number of nitrogens with two attached hydrogens (primary N) is 1. The number of benzene rings is 1. The van der Waals surface area contributed by atoms with Gasteiger partial charge in [0.2, 0.25) is 0 Å². The van der Waals surface area contributed by atoms with Gasteiger partial charge in [-0.3, -0.25) is 0 Å². The maximum Gasteiger partial charge on any atom is 0.119 e. The monoisotopic (exact) mass is 252 g/mol. The maximum atomic E-state index is 9.90.